The van der Waals surface area contributed by atoms with Crippen LogP contribution in [0.5, 0.6) is 5.75 Å². The van der Waals surface area contributed by atoms with Crippen LogP contribution in [-0.4, -0.2) is 18.6 Å². The Balaban J connectivity index is 2.71. The third kappa shape index (κ3) is 2.89. The van der Waals surface area contributed by atoms with Crippen LogP contribution in [0.25, 0.3) is 10.9 Å². The molecule has 3 nitrogen and oxygen atoms in total. The lowest BCUT2D eigenvalue weighted by molar-refractivity contribution is 0.377. The zero-order valence-electron chi connectivity index (χ0n) is 12.5. The number of halogens is 1. The summed E-state index contributed by atoms with van der Waals surface area (Å²) in [5, 5.41) is 1.68. The first-order chi connectivity index (χ1) is 9.38. The molecular weight excluding hydrogens is 272 g/mol. The van der Waals surface area contributed by atoms with Gasteiger partial charge in [-0.2, -0.15) is 0 Å². The number of aromatic nitrogens is 1. The normalized spacial score (nSPS) is 11.9. The molecule has 0 bridgehead atoms. The van der Waals surface area contributed by atoms with Gasteiger partial charge in [0.05, 0.1) is 12.1 Å². The molecule has 4 heteroatoms. The minimum absolute atomic E-state index is 0.0210. The Kier molecular flexibility index (Phi) is 4.21. The molecule has 0 aliphatic rings. The van der Waals surface area contributed by atoms with E-state index in [9.17, 15) is 0 Å². The van der Waals surface area contributed by atoms with Crippen LogP contribution >= 0.6 is 11.6 Å². The van der Waals surface area contributed by atoms with Crippen LogP contribution in [0, 0.1) is 12.3 Å². The fourth-order valence-corrected chi connectivity index (χ4v) is 2.66. The third-order valence-electron chi connectivity index (χ3n) is 3.52. The fraction of sp³-hybridized carbons (Fsp3) is 0.438. The van der Waals surface area contributed by atoms with Crippen molar-refractivity contribution < 1.29 is 4.74 Å². The summed E-state index contributed by atoms with van der Waals surface area (Å²) in [5.41, 5.74) is 8.83. The molecule has 0 aliphatic heterocycles. The highest BCUT2D eigenvalue weighted by molar-refractivity contribution is 6.35. The standard InChI is InChI=1S/C16H21ClN2O/c1-10-7-11(8-16(2,3)9-18)14-12(17)5-6-13(20-4)15(14)19-10/h5-7H,8-9,18H2,1-4H3. The van der Waals surface area contributed by atoms with Crippen LogP contribution < -0.4 is 10.5 Å². The predicted octanol–water partition coefficient (Wildman–Crippen LogP) is 3.73. The number of hydrogen-bond donors (Lipinski definition) is 1. The second-order valence-corrected chi connectivity index (χ2v) is 6.35. The molecule has 0 radical (unpaired) electrons. The van der Waals surface area contributed by atoms with E-state index in [1.54, 1.807) is 7.11 Å². The highest BCUT2D eigenvalue weighted by atomic mass is 35.5. The zero-order valence-corrected chi connectivity index (χ0v) is 13.2. The van der Waals surface area contributed by atoms with Crippen LogP contribution in [0.1, 0.15) is 25.1 Å². The maximum Gasteiger partial charge on any atom is 0.145 e. The maximum absolute atomic E-state index is 6.39. The van der Waals surface area contributed by atoms with Gasteiger partial charge in [0.15, 0.2) is 0 Å². The summed E-state index contributed by atoms with van der Waals surface area (Å²) in [7, 11) is 1.65. The Morgan fingerprint density at radius 1 is 1.35 bits per heavy atom. The zero-order chi connectivity index (χ0) is 14.9. The van der Waals surface area contributed by atoms with Crippen LogP contribution in [0.2, 0.25) is 5.02 Å². The van der Waals surface area contributed by atoms with Gasteiger partial charge < -0.3 is 10.5 Å². The number of pyridine rings is 1. The van der Waals surface area contributed by atoms with E-state index >= 15 is 0 Å². The Bertz CT molecular complexity index is 638. The van der Waals surface area contributed by atoms with Gasteiger partial charge in [-0.3, -0.25) is 0 Å². The highest BCUT2D eigenvalue weighted by Gasteiger charge is 2.20. The quantitative estimate of drug-likeness (QED) is 0.934. The molecule has 1 aromatic heterocycles. The van der Waals surface area contributed by atoms with Gasteiger partial charge in [-0.15, -0.1) is 0 Å². The molecule has 1 heterocycles. The third-order valence-corrected chi connectivity index (χ3v) is 3.84. The summed E-state index contributed by atoms with van der Waals surface area (Å²) in [6.45, 7) is 6.92. The highest BCUT2D eigenvalue weighted by Crippen LogP contribution is 2.35. The molecule has 20 heavy (non-hydrogen) atoms. The number of benzene rings is 1. The summed E-state index contributed by atoms with van der Waals surface area (Å²) >= 11 is 6.39. The maximum atomic E-state index is 6.39. The molecule has 0 atom stereocenters. The first-order valence-corrected chi connectivity index (χ1v) is 7.08. The van der Waals surface area contributed by atoms with E-state index in [4.69, 9.17) is 22.1 Å². The molecule has 0 fully saturated rings. The molecule has 108 valence electrons. The van der Waals surface area contributed by atoms with Crippen LogP contribution in [0.4, 0.5) is 0 Å². The monoisotopic (exact) mass is 292 g/mol. The van der Waals surface area contributed by atoms with Crippen molar-refractivity contribution in [2.45, 2.75) is 27.2 Å². The van der Waals surface area contributed by atoms with Gasteiger partial charge in [0.25, 0.3) is 0 Å². The van der Waals surface area contributed by atoms with Crippen molar-refractivity contribution in [3.63, 3.8) is 0 Å². The fourth-order valence-electron chi connectivity index (χ4n) is 2.39. The first kappa shape index (κ1) is 15.1. The number of methoxy groups -OCH3 is 1. The van der Waals surface area contributed by atoms with E-state index < -0.39 is 0 Å². The Morgan fingerprint density at radius 2 is 2.05 bits per heavy atom. The van der Waals surface area contributed by atoms with Crippen molar-refractivity contribution in [2.24, 2.45) is 11.1 Å². The van der Waals surface area contributed by atoms with Crippen LogP contribution in [0.3, 0.4) is 0 Å². The summed E-state index contributed by atoms with van der Waals surface area (Å²) in [6, 6.07) is 5.80. The largest absolute Gasteiger partial charge is 0.494 e. The van der Waals surface area contributed by atoms with E-state index in [0.717, 1.165) is 28.8 Å². The van der Waals surface area contributed by atoms with E-state index in [0.29, 0.717) is 11.6 Å². The van der Waals surface area contributed by atoms with E-state index in [2.05, 4.69) is 24.9 Å². The van der Waals surface area contributed by atoms with Crippen molar-refractivity contribution in [3.05, 3.63) is 34.5 Å². The Morgan fingerprint density at radius 3 is 2.65 bits per heavy atom. The average molecular weight is 293 g/mol. The number of rotatable bonds is 4. The number of nitrogens with zero attached hydrogens (tertiary/aromatic N) is 1. The molecule has 1 aromatic carbocycles. The SMILES string of the molecule is COc1ccc(Cl)c2c(CC(C)(C)CN)cc(C)nc12. The minimum atomic E-state index is 0.0210. The van der Waals surface area contributed by atoms with E-state index in [1.165, 1.54) is 5.56 Å². The molecule has 2 aromatic rings. The molecule has 0 aliphatic carbocycles. The predicted molar refractivity (Wildman–Crippen MR) is 84.6 cm³/mol. The molecule has 2 rings (SSSR count). The van der Waals surface area contributed by atoms with Gasteiger partial charge in [-0.05, 0) is 49.1 Å². The van der Waals surface area contributed by atoms with E-state index in [1.807, 2.05) is 19.1 Å². The van der Waals surface area contributed by atoms with Gasteiger partial charge in [0.2, 0.25) is 0 Å². The Labute approximate surface area is 125 Å². The molecule has 0 unspecified atom stereocenters. The van der Waals surface area contributed by atoms with Crippen molar-refractivity contribution in [2.75, 3.05) is 13.7 Å². The molecular formula is C16H21ClN2O. The van der Waals surface area contributed by atoms with Crippen molar-refractivity contribution >= 4 is 22.5 Å². The van der Waals surface area contributed by atoms with Gasteiger partial charge in [-0.1, -0.05) is 25.4 Å². The molecule has 0 spiro atoms. The van der Waals surface area contributed by atoms with Gasteiger partial charge in [0.1, 0.15) is 11.3 Å². The van der Waals surface area contributed by atoms with Crippen molar-refractivity contribution in [1.82, 2.24) is 4.98 Å². The molecule has 0 saturated carbocycles. The summed E-state index contributed by atoms with van der Waals surface area (Å²) in [4.78, 5) is 4.58. The van der Waals surface area contributed by atoms with Gasteiger partial charge >= 0.3 is 0 Å². The van der Waals surface area contributed by atoms with Crippen molar-refractivity contribution in [3.8, 4) is 5.75 Å². The summed E-state index contributed by atoms with van der Waals surface area (Å²) in [6.07, 6.45) is 0.857. The van der Waals surface area contributed by atoms with Crippen LogP contribution in [0.15, 0.2) is 18.2 Å². The topological polar surface area (TPSA) is 48.1 Å². The summed E-state index contributed by atoms with van der Waals surface area (Å²) in [5.74, 6) is 0.750. The van der Waals surface area contributed by atoms with E-state index in [-0.39, 0.29) is 5.41 Å². The second kappa shape index (κ2) is 5.58. The number of nitrogens with two attached hydrogens (primary N) is 1. The first-order valence-electron chi connectivity index (χ1n) is 6.71. The lowest BCUT2D eigenvalue weighted by Crippen LogP contribution is -2.26. The number of ether oxygens (including phenoxy) is 1. The number of hydrogen-bond acceptors (Lipinski definition) is 3. The van der Waals surface area contributed by atoms with Crippen molar-refractivity contribution in [1.29, 1.82) is 0 Å². The van der Waals surface area contributed by atoms with Crippen LogP contribution in [-0.2, 0) is 6.42 Å². The molecule has 2 N–H and O–H groups in total. The smallest absolute Gasteiger partial charge is 0.145 e. The second-order valence-electron chi connectivity index (χ2n) is 5.94. The molecule has 0 amide bonds. The minimum Gasteiger partial charge on any atom is -0.494 e. The van der Waals surface area contributed by atoms with Gasteiger partial charge in [-0.25, -0.2) is 4.98 Å². The lowest BCUT2D eigenvalue weighted by atomic mass is 9.84. The average Bonchev–Trinajstić information content (AvgIpc) is 2.38. The summed E-state index contributed by atoms with van der Waals surface area (Å²) < 4.78 is 5.40. The number of aryl methyl sites for hydroxylation is 1. The Hall–Kier alpha value is -1.32. The molecule has 0 saturated heterocycles. The van der Waals surface area contributed by atoms with Gasteiger partial charge in [0, 0.05) is 11.1 Å². The number of fused-ring (bicyclic) bond motifs is 1. The lowest BCUT2D eigenvalue weighted by Gasteiger charge is -2.24.